The van der Waals surface area contributed by atoms with Crippen LogP contribution in [-0.2, 0) is 4.79 Å². The topological polar surface area (TPSA) is 32.3 Å². The summed E-state index contributed by atoms with van der Waals surface area (Å²) in [6.45, 7) is 8.58. The number of hydrogen-bond acceptors (Lipinski definition) is 2. The van der Waals surface area contributed by atoms with Gasteiger partial charge in [0.2, 0.25) is 5.91 Å². The zero-order valence-corrected chi connectivity index (χ0v) is 10.5. The molecule has 2 fully saturated rings. The lowest BCUT2D eigenvalue weighted by Gasteiger charge is -2.20. The SMILES string of the molecule is CCC(CC)CC(=O)N1C[C@H]2CNC[C@H]2C1. The van der Waals surface area contributed by atoms with Crippen molar-refractivity contribution in [1.82, 2.24) is 10.2 Å². The maximum atomic E-state index is 12.1. The van der Waals surface area contributed by atoms with Crippen LogP contribution >= 0.6 is 0 Å². The number of likely N-dealkylation sites (tertiary alicyclic amines) is 1. The highest BCUT2D eigenvalue weighted by Crippen LogP contribution is 2.27. The quantitative estimate of drug-likeness (QED) is 0.784. The second-order valence-corrected chi connectivity index (χ2v) is 5.36. The van der Waals surface area contributed by atoms with Gasteiger partial charge >= 0.3 is 0 Å². The van der Waals surface area contributed by atoms with Gasteiger partial charge in [0.05, 0.1) is 0 Å². The summed E-state index contributed by atoms with van der Waals surface area (Å²) in [6.07, 6.45) is 3.02. The molecule has 2 aliphatic rings. The Kier molecular flexibility index (Phi) is 3.85. The first-order valence-electron chi connectivity index (χ1n) is 6.73. The summed E-state index contributed by atoms with van der Waals surface area (Å²) >= 11 is 0. The molecule has 2 atom stereocenters. The average Bonchev–Trinajstić information content (AvgIpc) is 2.85. The van der Waals surface area contributed by atoms with Crippen molar-refractivity contribution in [2.24, 2.45) is 17.8 Å². The van der Waals surface area contributed by atoms with E-state index >= 15 is 0 Å². The smallest absolute Gasteiger partial charge is 0.222 e. The van der Waals surface area contributed by atoms with Gasteiger partial charge in [-0.25, -0.2) is 0 Å². The third-order valence-corrected chi connectivity index (χ3v) is 4.36. The number of rotatable bonds is 4. The number of nitrogens with zero attached hydrogens (tertiary/aromatic N) is 1. The van der Waals surface area contributed by atoms with Crippen LogP contribution in [0, 0.1) is 17.8 Å². The molecule has 1 amide bonds. The van der Waals surface area contributed by atoms with E-state index in [1.807, 2.05) is 0 Å². The molecule has 2 aliphatic heterocycles. The fraction of sp³-hybridized carbons (Fsp3) is 0.923. The van der Waals surface area contributed by atoms with E-state index in [1.54, 1.807) is 0 Å². The van der Waals surface area contributed by atoms with Gasteiger partial charge in [-0.2, -0.15) is 0 Å². The van der Waals surface area contributed by atoms with Crippen molar-refractivity contribution in [2.45, 2.75) is 33.1 Å². The number of carbonyl (C=O) groups excluding carboxylic acids is 1. The average molecular weight is 224 g/mol. The van der Waals surface area contributed by atoms with Crippen LogP contribution in [0.15, 0.2) is 0 Å². The lowest BCUT2D eigenvalue weighted by atomic mass is 9.99. The van der Waals surface area contributed by atoms with E-state index in [1.165, 1.54) is 0 Å². The fourth-order valence-electron chi connectivity index (χ4n) is 3.01. The van der Waals surface area contributed by atoms with Crippen molar-refractivity contribution in [1.29, 1.82) is 0 Å². The molecule has 0 spiro atoms. The molecule has 0 aliphatic carbocycles. The molecule has 92 valence electrons. The van der Waals surface area contributed by atoms with Crippen LogP contribution in [0.3, 0.4) is 0 Å². The number of amides is 1. The zero-order valence-electron chi connectivity index (χ0n) is 10.5. The van der Waals surface area contributed by atoms with E-state index in [0.29, 0.717) is 11.8 Å². The van der Waals surface area contributed by atoms with Crippen LogP contribution in [0.25, 0.3) is 0 Å². The molecule has 3 nitrogen and oxygen atoms in total. The molecule has 1 N–H and O–H groups in total. The third-order valence-electron chi connectivity index (χ3n) is 4.36. The van der Waals surface area contributed by atoms with E-state index < -0.39 is 0 Å². The van der Waals surface area contributed by atoms with E-state index in [-0.39, 0.29) is 0 Å². The largest absolute Gasteiger partial charge is 0.342 e. The van der Waals surface area contributed by atoms with Gasteiger partial charge in [-0.15, -0.1) is 0 Å². The van der Waals surface area contributed by atoms with E-state index in [9.17, 15) is 4.79 Å². The van der Waals surface area contributed by atoms with Gasteiger partial charge in [0, 0.05) is 32.6 Å². The second-order valence-electron chi connectivity index (χ2n) is 5.36. The third kappa shape index (κ3) is 2.40. The Balaban J connectivity index is 1.82. The highest BCUT2D eigenvalue weighted by Gasteiger charge is 2.37. The maximum Gasteiger partial charge on any atom is 0.222 e. The monoisotopic (exact) mass is 224 g/mol. The molecule has 0 aromatic rings. The van der Waals surface area contributed by atoms with Crippen molar-refractivity contribution in [3.8, 4) is 0 Å². The first-order valence-corrected chi connectivity index (χ1v) is 6.73. The fourth-order valence-corrected chi connectivity index (χ4v) is 3.01. The standard InChI is InChI=1S/C13H24N2O/c1-3-10(4-2)5-13(16)15-8-11-6-14-7-12(11)9-15/h10-12,14H,3-9H2,1-2H3/t11-,12+. The van der Waals surface area contributed by atoms with Crippen LogP contribution in [-0.4, -0.2) is 37.0 Å². The molecule has 2 heterocycles. The van der Waals surface area contributed by atoms with Gasteiger partial charge in [0.15, 0.2) is 0 Å². The number of nitrogens with one attached hydrogen (secondary N) is 1. The summed E-state index contributed by atoms with van der Waals surface area (Å²) in [5, 5.41) is 3.41. The highest BCUT2D eigenvalue weighted by molar-refractivity contribution is 5.76. The molecular weight excluding hydrogens is 200 g/mol. The van der Waals surface area contributed by atoms with Gasteiger partial charge in [0.25, 0.3) is 0 Å². The molecular formula is C13H24N2O. The second kappa shape index (κ2) is 5.17. The molecule has 16 heavy (non-hydrogen) atoms. The van der Waals surface area contributed by atoms with Crippen molar-refractivity contribution in [2.75, 3.05) is 26.2 Å². The van der Waals surface area contributed by atoms with Crippen molar-refractivity contribution >= 4 is 5.91 Å². The molecule has 3 heteroatoms. The first kappa shape index (κ1) is 11.9. The van der Waals surface area contributed by atoms with Gasteiger partial charge in [-0.1, -0.05) is 26.7 Å². The van der Waals surface area contributed by atoms with E-state index in [4.69, 9.17) is 0 Å². The summed E-state index contributed by atoms with van der Waals surface area (Å²) in [4.78, 5) is 14.2. The molecule has 0 aromatic carbocycles. The van der Waals surface area contributed by atoms with Crippen LogP contribution in [0.5, 0.6) is 0 Å². The Morgan fingerprint density at radius 2 is 1.81 bits per heavy atom. The Morgan fingerprint density at radius 1 is 1.25 bits per heavy atom. The van der Waals surface area contributed by atoms with Gasteiger partial charge in [-0.3, -0.25) is 4.79 Å². The Bertz CT molecular complexity index is 238. The lowest BCUT2D eigenvalue weighted by molar-refractivity contribution is -0.131. The van der Waals surface area contributed by atoms with Crippen LogP contribution < -0.4 is 5.32 Å². The molecule has 0 saturated carbocycles. The summed E-state index contributed by atoms with van der Waals surface area (Å²) in [6, 6.07) is 0. The Morgan fingerprint density at radius 3 is 2.31 bits per heavy atom. The van der Waals surface area contributed by atoms with Gasteiger partial charge < -0.3 is 10.2 Å². The van der Waals surface area contributed by atoms with Gasteiger partial charge in [-0.05, 0) is 17.8 Å². The van der Waals surface area contributed by atoms with E-state index in [2.05, 4.69) is 24.1 Å². The molecule has 2 rings (SSSR count). The molecule has 0 aromatic heterocycles. The van der Waals surface area contributed by atoms with Crippen molar-refractivity contribution < 1.29 is 4.79 Å². The van der Waals surface area contributed by atoms with Gasteiger partial charge in [0.1, 0.15) is 0 Å². The first-order chi connectivity index (χ1) is 7.74. The predicted octanol–water partition coefficient (Wildman–Crippen LogP) is 1.49. The summed E-state index contributed by atoms with van der Waals surface area (Å²) in [5.41, 5.74) is 0. The summed E-state index contributed by atoms with van der Waals surface area (Å²) in [7, 11) is 0. The van der Waals surface area contributed by atoms with Crippen molar-refractivity contribution in [3.05, 3.63) is 0 Å². The van der Waals surface area contributed by atoms with Crippen LogP contribution in [0.4, 0.5) is 0 Å². The number of fused-ring (bicyclic) bond motifs is 1. The zero-order chi connectivity index (χ0) is 11.5. The lowest BCUT2D eigenvalue weighted by Crippen LogP contribution is -2.32. The predicted molar refractivity (Wildman–Crippen MR) is 65.1 cm³/mol. The summed E-state index contributed by atoms with van der Waals surface area (Å²) < 4.78 is 0. The molecule has 2 saturated heterocycles. The molecule has 0 bridgehead atoms. The van der Waals surface area contributed by atoms with Crippen LogP contribution in [0.2, 0.25) is 0 Å². The molecule has 0 radical (unpaired) electrons. The Labute approximate surface area is 98.6 Å². The Hall–Kier alpha value is -0.570. The number of hydrogen-bond donors (Lipinski definition) is 1. The van der Waals surface area contributed by atoms with E-state index in [0.717, 1.165) is 57.3 Å². The highest BCUT2D eigenvalue weighted by atomic mass is 16.2. The number of carbonyl (C=O) groups is 1. The summed E-state index contributed by atoms with van der Waals surface area (Å²) in [5.74, 6) is 2.44. The van der Waals surface area contributed by atoms with Crippen molar-refractivity contribution in [3.63, 3.8) is 0 Å². The minimum Gasteiger partial charge on any atom is -0.342 e. The normalized spacial score (nSPS) is 28.8. The minimum absolute atomic E-state index is 0.392. The molecule has 0 unspecified atom stereocenters. The maximum absolute atomic E-state index is 12.1. The van der Waals surface area contributed by atoms with Crippen LogP contribution in [0.1, 0.15) is 33.1 Å². The minimum atomic E-state index is 0.392.